The SMILES string of the molecule is Cc1ccccc1OCCn1c(-c2ccccc2C)nc2ccccc21. The Balaban J connectivity index is 1.68. The molecule has 0 aliphatic heterocycles. The fourth-order valence-electron chi connectivity index (χ4n) is 3.30. The lowest BCUT2D eigenvalue weighted by Gasteiger charge is -2.13. The van der Waals surface area contributed by atoms with Crippen LogP contribution in [0.3, 0.4) is 0 Å². The first-order valence-electron chi connectivity index (χ1n) is 8.94. The summed E-state index contributed by atoms with van der Waals surface area (Å²) in [5.74, 6) is 1.94. The van der Waals surface area contributed by atoms with Gasteiger partial charge in [-0.2, -0.15) is 0 Å². The van der Waals surface area contributed by atoms with Crippen molar-refractivity contribution in [1.29, 1.82) is 0 Å². The van der Waals surface area contributed by atoms with E-state index in [-0.39, 0.29) is 0 Å². The number of hydrogen-bond acceptors (Lipinski definition) is 2. The van der Waals surface area contributed by atoms with Gasteiger partial charge in [0.05, 0.1) is 17.6 Å². The number of rotatable bonds is 5. The van der Waals surface area contributed by atoms with Crippen molar-refractivity contribution in [3.63, 3.8) is 0 Å². The summed E-state index contributed by atoms with van der Waals surface area (Å²) in [4.78, 5) is 4.89. The lowest BCUT2D eigenvalue weighted by molar-refractivity contribution is 0.299. The van der Waals surface area contributed by atoms with Crippen LogP contribution in [-0.4, -0.2) is 16.2 Å². The Morgan fingerprint density at radius 1 is 0.808 bits per heavy atom. The molecule has 0 saturated carbocycles. The van der Waals surface area contributed by atoms with Crippen LogP contribution < -0.4 is 4.74 Å². The number of aryl methyl sites for hydroxylation is 2. The van der Waals surface area contributed by atoms with Gasteiger partial charge in [-0.15, -0.1) is 0 Å². The third-order valence-electron chi connectivity index (χ3n) is 4.71. The maximum atomic E-state index is 6.03. The summed E-state index contributed by atoms with van der Waals surface area (Å²) in [6.07, 6.45) is 0. The third kappa shape index (κ3) is 3.08. The summed E-state index contributed by atoms with van der Waals surface area (Å²) >= 11 is 0. The highest BCUT2D eigenvalue weighted by atomic mass is 16.5. The number of ether oxygens (including phenoxy) is 1. The second-order valence-electron chi connectivity index (χ2n) is 6.50. The summed E-state index contributed by atoms with van der Waals surface area (Å²) in [6.45, 7) is 5.55. The normalized spacial score (nSPS) is 11.0. The maximum absolute atomic E-state index is 6.03. The molecule has 0 radical (unpaired) electrons. The molecule has 0 fully saturated rings. The molecule has 0 saturated heterocycles. The van der Waals surface area contributed by atoms with E-state index in [4.69, 9.17) is 9.72 Å². The fraction of sp³-hybridized carbons (Fsp3) is 0.174. The topological polar surface area (TPSA) is 27.1 Å². The Labute approximate surface area is 153 Å². The molecule has 0 bridgehead atoms. The largest absolute Gasteiger partial charge is 0.491 e. The molecule has 4 rings (SSSR count). The number of benzene rings is 3. The Bertz CT molecular complexity index is 1050. The first-order valence-corrected chi connectivity index (χ1v) is 8.94. The van der Waals surface area contributed by atoms with Gasteiger partial charge in [0.1, 0.15) is 18.2 Å². The van der Waals surface area contributed by atoms with Crippen molar-refractivity contribution in [2.45, 2.75) is 20.4 Å². The molecule has 4 aromatic rings. The molecule has 3 aromatic carbocycles. The van der Waals surface area contributed by atoms with Gasteiger partial charge in [0, 0.05) is 5.56 Å². The van der Waals surface area contributed by atoms with Gasteiger partial charge in [-0.25, -0.2) is 4.98 Å². The van der Waals surface area contributed by atoms with E-state index in [0.717, 1.165) is 34.7 Å². The smallest absolute Gasteiger partial charge is 0.141 e. The van der Waals surface area contributed by atoms with Crippen LogP contribution in [0.2, 0.25) is 0 Å². The monoisotopic (exact) mass is 342 g/mol. The van der Waals surface area contributed by atoms with Gasteiger partial charge in [0.2, 0.25) is 0 Å². The lowest BCUT2D eigenvalue weighted by Crippen LogP contribution is -2.10. The highest BCUT2D eigenvalue weighted by Gasteiger charge is 2.14. The van der Waals surface area contributed by atoms with Crippen LogP contribution in [0.4, 0.5) is 0 Å². The van der Waals surface area contributed by atoms with Crippen molar-refractivity contribution in [2.75, 3.05) is 6.61 Å². The molecule has 0 aliphatic rings. The van der Waals surface area contributed by atoms with Crippen LogP contribution in [-0.2, 0) is 6.54 Å². The van der Waals surface area contributed by atoms with E-state index in [1.165, 1.54) is 11.1 Å². The van der Waals surface area contributed by atoms with Gasteiger partial charge >= 0.3 is 0 Å². The summed E-state index contributed by atoms with van der Waals surface area (Å²) in [5, 5.41) is 0. The predicted molar refractivity (Wildman–Crippen MR) is 107 cm³/mol. The van der Waals surface area contributed by atoms with Crippen LogP contribution in [0.15, 0.2) is 72.8 Å². The molecule has 3 heteroatoms. The first-order chi connectivity index (χ1) is 12.7. The minimum absolute atomic E-state index is 0.601. The van der Waals surface area contributed by atoms with Crippen molar-refractivity contribution >= 4 is 11.0 Å². The van der Waals surface area contributed by atoms with Gasteiger partial charge in [-0.3, -0.25) is 0 Å². The molecular formula is C23H22N2O. The van der Waals surface area contributed by atoms with Gasteiger partial charge in [0.15, 0.2) is 0 Å². The molecule has 130 valence electrons. The van der Waals surface area contributed by atoms with E-state index in [9.17, 15) is 0 Å². The predicted octanol–water partition coefficient (Wildman–Crippen LogP) is 5.40. The fourth-order valence-corrected chi connectivity index (χ4v) is 3.30. The van der Waals surface area contributed by atoms with Gasteiger partial charge in [0.25, 0.3) is 0 Å². The van der Waals surface area contributed by atoms with E-state index < -0.39 is 0 Å². The second-order valence-corrected chi connectivity index (χ2v) is 6.50. The molecule has 0 spiro atoms. The molecule has 0 N–H and O–H groups in total. The Morgan fingerprint density at radius 2 is 1.50 bits per heavy atom. The summed E-state index contributed by atoms with van der Waals surface area (Å²) in [7, 11) is 0. The van der Waals surface area contributed by atoms with E-state index in [0.29, 0.717) is 6.61 Å². The average molecular weight is 342 g/mol. The van der Waals surface area contributed by atoms with Crippen molar-refractivity contribution in [2.24, 2.45) is 0 Å². The Morgan fingerprint density at radius 3 is 2.31 bits per heavy atom. The highest BCUT2D eigenvalue weighted by molar-refractivity contribution is 5.81. The minimum Gasteiger partial charge on any atom is -0.491 e. The van der Waals surface area contributed by atoms with E-state index in [2.05, 4.69) is 66.9 Å². The second kappa shape index (κ2) is 7.04. The summed E-state index contributed by atoms with van der Waals surface area (Å²) < 4.78 is 8.29. The van der Waals surface area contributed by atoms with Gasteiger partial charge < -0.3 is 9.30 Å². The summed E-state index contributed by atoms with van der Waals surface area (Å²) in [5.41, 5.74) is 5.70. The molecule has 0 atom stereocenters. The average Bonchev–Trinajstić information content (AvgIpc) is 3.02. The number of para-hydroxylation sites is 3. The van der Waals surface area contributed by atoms with Gasteiger partial charge in [-0.05, 0) is 43.2 Å². The lowest BCUT2D eigenvalue weighted by atomic mass is 10.1. The standard InChI is InChI=1S/C23H22N2O/c1-17-9-3-5-11-19(17)23-24-20-12-6-7-13-21(20)25(23)15-16-26-22-14-8-4-10-18(22)2/h3-14H,15-16H2,1-2H3. The third-order valence-corrected chi connectivity index (χ3v) is 4.71. The zero-order valence-electron chi connectivity index (χ0n) is 15.1. The van der Waals surface area contributed by atoms with Crippen LogP contribution in [0.5, 0.6) is 5.75 Å². The van der Waals surface area contributed by atoms with Gasteiger partial charge in [-0.1, -0.05) is 54.6 Å². The number of fused-ring (bicyclic) bond motifs is 1. The number of nitrogens with zero attached hydrogens (tertiary/aromatic N) is 2. The van der Waals surface area contributed by atoms with Crippen molar-refractivity contribution in [3.05, 3.63) is 83.9 Å². The van der Waals surface area contributed by atoms with E-state index in [1.54, 1.807) is 0 Å². The molecular weight excluding hydrogens is 320 g/mol. The van der Waals surface area contributed by atoms with Crippen LogP contribution in [0, 0.1) is 13.8 Å². The van der Waals surface area contributed by atoms with Crippen LogP contribution in [0.1, 0.15) is 11.1 Å². The molecule has 0 unspecified atom stereocenters. The van der Waals surface area contributed by atoms with Crippen molar-refractivity contribution in [1.82, 2.24) is 9.55 Å². The number of hydrogen-bond donors (Lipinski definition) is 0. The molecule has 0 amide bonds. The van der Waals surface area contributed by atoms with E-state index in [1.807, 2.05) is 24.3 Å². The quantitative estimate of drug-likeness (QED) is 0.485. The molecule has 26 heavy (non-hydrogen) atoms. The van der Waals surface area contributed by atoms with Crippen LogP contribution in [0.25, 0.3) is 22.4 Å². The minimum atomic E-state index is 0.601. The zero-order valence-corrected chi connectivity index (χ0v) is 15.1. The van der Waals surface area contributed by atoms with Crippen LogP contribution >= 0.6 is 0 Å². The molecule has 3 nitrogen and oxygen atoms in total. The first kappa shape index (κ1) is 16.4. The van der Waals surface area contributed by atoms with Crippen molar-refractivity contribution < 1.29 is 4.74 Å². The Kier molecular flexibility index (Phi) is 4.44. The number of aromatic nitrogens is 2. The summed E-state index contributed by atoms with van der Waals surface area (Å²) in [6, 6.07) is 24.8. The van der Waals surface area contributed by atoms with Crippen molar-refractivity contribution in [3.8, 4) is 17.1 Å². The Hall–Kier alpha value is -3.07. The number of imidazole rings is 1. The molecule has 0 aliphatic carbocycles. The molecule has 1 heterocycles. The highest BCUT2D eigenvalue weighted by Crippen LogP contribution is 2.27. The zero-order chi connectivity index (χ0) is 17.9. The maximum Gasteiger partial charge on any atom is 0.141 e. The molecule has 1 aromatic heterocycles. The van der Waals surface area contributed by atoms with E-state index >= 15 is 0 Å².